The average Bonchev–Trinajstić information content (AvgIpc) is 2.39. The zero-order valence-electron chi connectivity index (χ0n) is 11.2. The van der Waals surface area contributed by atoms with E-state index in [0.29, 0.717) is 6.61 Å². The summed E-state index contributed by atoms with van der Waals surface area (Å²) in [4.78, 5) is 0. The molecular formula is C16H18INO. The van der Waals surface area contributed by atoms with Gasteiger partial charge in [-0.2, -0.15) is 0 Å². The van der Waals surface area contributed by atoms with E-state index >= 15 is 0 Å². The van der Waals surface area contributed by atoms with E-state index in [4.69, 9.17) is 10.5 Å². The summed E-state index contributed by atoms with van der Waals surface area (Å²) in [6.45, 7) is 4.63. The third-order valence-corrected chi connectivity index (χ3v) is 3.75. The summed E-state index contributed by atoms with van der Waals surface area (Å²) >= 11 is 2.30. The molecule has 2 nitrogen and oxygen atoms in total. The molecule has 0 saturated heterocycles. The molecule has 0 unspecified atom stereocenters. The zero-order chi connectivity index (χ0) is 13.8. The van der Waals surface area contributed by atoms with Gasteiger partial charge < -0.3 is 10.5 Å². The van der Waals surface area contributed by atoms with Crippen LogP contribution in [-0.2, 0) is 6.61 Å². The molecule has 0 fully saturated rings. The van der Waals surface area contributed by atoms with Crippen LogP contribution in [0.15, 0.2) is 42.5 Å². The molecule has 0 aromatic heterocycles. The van der Waals surface area contributed by atoms with Gasteiger partial charge in [0.15, 0.2) is 0 Å². The van der Waals surface area contributed by atoms with E-state index in [2.05, 4.69) is 59.8 Å². The lowest BCUT2D eigenvalue weighted by atomic mass is 10.1. The van der Waals surface area contributed by atoms with Crippen LogP contribution in [0.1, 0.15) is 29.7 Å². The fourth-order valence-electron chi connectivity index (χ4n) is 1.86. The SMILES string of the molecule is Cc1cc([C@@H](C)N)ccc1OCc1ccc(I)cc1. The molecule has 0 aliphatic heterocycles. The predicted molar refractivity (Wildman–Crippen MR) is 87.3 cm³/mol. The normalized spacial score (nSPS) is 12.2. The average molecular weight is 367 g/mol. The minimum Gasteiger partial charge on any atom is -0.489 e. The van der Waals surface area contributed by atoms with Gasteiger partial charge in [-0.15, -0.1) is 0 Å². The highest BCUT2D eigenvalue weighted by Gasteiger charge is 2.04. The summed E-state index contributed by atoms with van der Waals surface area (Å²) in [6.07, 6.45) is 0. The molecule has 0 bridgehead atoms. The first kappa shape index (κ1) is 14.3. The van der Waals surface area contributed by atoms with Crippen molar-refractivity contribution in [3.63, 3.8) is 0 Å². The van der Waals surface area contributed by atoms with Crippen LogP contribution in [0.5, 0.6) is 5.75 Å². The predicted octanol–water partition coefficient (Wildman–Crippen LogP) is 4.20. The second kappa shape index (κ2) is 6.39. The van der Waals surface area contributed by atoms with Gasteiger partial charge in [-0.1, -0.05) is 24.3 Å². The molecule has 0 aliphatic rings. The van der Waals surface area contributed by atoms with Gasteiger partial charge in [-0.25, -0.2) is 0 Å². The van der Waals surface area contributed by atoms with Gasteiger partial charge in [0.25, 0.3) is 0 Å². The van der Waals surface area contributed by atoms with Gasteiger partial charge in [0.1, 0.15) is 12.4 Å². The Morgan fingerprint density at radius 3 is 2.42 bits per heavy atom. The molecule has 2 rings (SSSR count). The number of halogens is 1. The maximum atomic E-state index is 5.87. The third kappa shape index (κ3) is 3.94. The van der Waals surface area contributed by atoms with Gasteiger partial charge in [0.05, 0.1) is 0 Å². The molecule has 1 atom stereocenters. The minimum absolute atomic E-state index is 0.0592. The second-order valence-electron chi connectivity index (χ2n) is 4.73. The maximum absolute atomic E-state index is 5.87. The Kier molecular flexibility index (Phi) is 4.82. The molecule has 0 radical (unpaired) electrons. The maximum Gasteiger partial charge on any atom is 0.122 e. The van der Waals surface area contributed by atoms with Crippen LogP contribution in [0.25, 0.3) is 0 Å². The summed E-state index contributed by atoms with van der Waals surface area (Å²) in [7, 11) is 0. The number of hydrogen-bond acceptors (Lipinski definition) is 2. The van der Waals surface area contributed by atoms with Crippen LogP contribution < -0.4 is 10.5 Å². The Balaban J connectivity index is 2.05. The van der Waals surface area contributed by atoms with E-state index in [1.54, 1.807) is 0 Å². The number of ether oxygens (including phenoxy) is 1. The van der Waals surface area contributed by atoms with Gasteiger partial charge in [-0.3, -0.25) is 0 Å². The highest BCUT2D eigenvalue weighted by atomic mass is 127. The molecule has 2 N–H and O–H groups in total. The Morgan fingerprint density at radius 1 is 1.16 bits per heavy atom. The number of rotatable bonds is 4. The van der Waals surface area contributed by atoms with Crippen molar-refractivity contribution < 1.29 is 4.74 Å². The van der Waals surface area contributed by atoms with E-state index in [0.717, 1.165) is 16.9 Å². The molecule has 0 saturated carbocycles. The summed E-state index contributed by atoms with van der Waals surface area (Å²) in [5.41, 5.74) is 9.31. The minimum atomic E-state index is 0.0592. The first-order valence-electron chi connectivity index (χ1n) is 6.29. The smallest absolute Gasteiger partial charge is 0.122 e. The van der Waals surface area contributed by atoms with Crippen LogP contribution in [0.2, 0.25) is 0 Å². The fourth-order valence-corrected chi connectivity index (χ4v) is 2.22. The number of nitrogens with two attached hydrogens (primary N) is 1. The first-order chi connectivity index (χ1) is 9.06. The Labute approximate surface area is 128 Å². The molecule has 100 valence electrons. The van der Waals surface area contributed by atoms with Crippen LogP contribution >= 0.6 is 22.6 Å². The number of aryl methyl sites for hydroxylation is 1. The topological polar surface area (TPSA) is 35.2 Å². The Hall–Kier alpha value is -1.07. The number of hydrogen-bond donors (Lipinski definition) is 1. The summed E-state index contributed by atoms with van der Waals surface area (Å²) < 4.78 is 7.09. The fraction of sp³-hybridized carbons (Fsp3) is 0.250. The summed E-state index contributed by atoms with van der Waals surface area (Å²) in [5, 5.41) is 0. The molecule has 0 heterocycles. The highest BCUT2D eigenvalue weighted by molar-refractivity contribution is 14.1. The van der Waals surface area contributed by atoms with Crippen molar-refractivity contribution in [1.29, 1.82) is 0 Å². The summed E-state index contributed by atoms with van der Waals surface area (Å²) in [5.74, 6) is 0.919. The van der Waals surface area contributed by atoms with Gasteiger partial charge in [0.2, 0.25) is 0 Å². The quantitative estimate of drug-likeness (QED) is 0.823. The van der Waals surface area contributed by atoms with Crippen molar-refractivity contribution in [2.75, 3.05) is 0 Å². The summed E-state index contributed by atoms with van der Waals surface area (Å²) in [6, 6.07) is 14.5. The van der Waals surface area contributed by atoms with Crippen molar-refractivity contribution in [2.24, 2.45) is 5.73 Å². The van der Waals surface area contributed by atoms with E-state index in [9.17, 15) is 0 Å². The lowest BCUT2D eigenvalue weighted by Crippen LogP contribution is -2.05. The molecule has 0 amide bonds. The van der Waals surface area contributed by atoms with Crippen molar-refractivity contribution in [3.8, 4) is 5.75 Å². The van der Waals surface area contributed by atoms with Gasteiger partial charge >= 0.3 is 0 Å². The van der Waals surface area contributed by atoms with E-state index < -0.39 is 0 Å². The van der Waals surface area contributed by atoms with Crippen molar-refractivity contribution in [2.45, 2.75) is 26.5 Å². The van der Waals surface area contributed by atoms with Crippen LogP contribution in [0, 0.1) is 10.5 Å². The monoisotopic (exact) mass is 367 g/mol. The first-order valence-corrected chi connectivity index (χ1v) is 7.37. The van der Waals surface area contributed by atoms with E-state index in [1.165, 1.54) is 9.13 Å². The molecule has 19 heavy (non-hydrogen) atoms. The largest absolute Gasteiger partial charge is 0.489 e. The molecule has 0 aliphatic carbocycles. The molecule has 3 heteroatoms. The molecule has 0 spiro atoms. The van der Waals surface area contributed by atoms with Crippen molar-refractivity contribution in [3.05, 3.63) is 62.7 Å². The van der Waals surface area contributed by atoms with E-state index in [1.807, 2.05) is 19.1 Å². The molecular weight excluding hydrogens is 349 g/mol. The molecule has 2 aromatic rings. The second-order valence-corrected chi connectivity index (χ2v) is 5.97. The Bertz CT molecular complexity index is 549. The standard InChI is InChI=1S/C16H18INO/c1-11-9-14(12(2)18)5-8-16(11)19-10-13-3-6-15(17)7-4-13/h3-9,12H,10,18H2,1-2H3/t12-/m1/s1. The van der Waals surface area contributed by atoms with Crippen LogP contribution in [0.4, 0.5) is 0 Å². The Morgan fingerprint density at radius 2 is 1.84 bits per heavy atom. The van der Waals surface area contributed by atoms with E-state index in [-0.39, 0.29) is 6.04 Å². The van der Waals surface area contributed by atoms with Crippen LogP contribution in [-0.4, -0.2) is 0 Å². The molecule has 2 aromatic carbocycles. The van der Waals surface area contributed by atoms with Crippen molar-refractivity contribution >= 4 is 22.6 Å². The highest BCUT2D eigenvalue weighted by Crippen LogP contribution is 2.22. The van der Waals surface area contributed by atoms with Gasteiger partial charge in [0, 0.05) is 9.61 Å². The van der Waals surface area contributed by atoms with Gasteiger partial charge in [-0.05, 0) is 71.3 Å². The zero-order valence-corrected chi connectivity index (χ0v) is 13.3. The third-order valence-electron chi connectivity index (χ3n) is 3.03. The van der Waals surface area contributed by atoms with Crippen molar-refractivity contribution in [1.82, 2.24) is 0 Å². The van der Waals surface area contributed by atoms with Crippen LogP contribution in [0.3, 0.4) is 0 Å². The lowest BCUT2D eigenvalue weighted by Gasteiger charge is -2.12. The lowest BCUT2D eigenvalue weighted by molar-refractivity contribution is 0.304. The number of benzene rings is 2.